The second-order valence-corrected chi connectivity index (χ2v) is 5.84. The number of nitrogens with zero attached hydrogens (tertiary/aromatic N) is 3. The van der Waals surface area contributed by atoms with Crippen LogP contribution in [-0.4, -0.2) is 14.5 Å². The van der Waals surface area contributed by atoms with Crippen molar-refractivity contribution in [1.29, 1.82) is 0 Å². The van der Waals surface area contributed by atoms with Crippen molar-refractivity contribution in [1.82, 2.24) is 14.5 Å². The molecule has 96 valence electrons. The molecule has 2 heterocycles. The molecule has 1 aliphatic rings. The molecule has 0 N–H and O–H groups in total. The lowest BCUT2D eigenvalue weighted by molar-refractivity contribution is 0.282. The summed E-state index contributed by atoms with van der Waals surface area (Å²) in [6.07, 6.45) is 9.06. The van der Waals surface area contributed by atoms with Gasteiger partial charge in [-0.2, -0.15) is 0 Å². The van der Waals surface area contributed by atoms with Crippen LogP contribution in [0.25, 0.3) is 11.0 Å². The molecule has 0 radical (unpaired) electrons. The molecule has 0 aromatic carbocycles. The third-order valence-electron chi connectivity index (χ3n) is 3.92. The van der Waals surface area contributed by atoms with Crippen LogP contribution in [0.5, 0.6) is 0 Å². The summed E-state index contributed by atoms with van der Waals surface area (Å²) in [7, 11) is 0. The average molecular weight is 264 g/mol. The summed E-state index contributed by atoms with van der Waals surface area (Å²) in [6.45, 7) is 3.01. The zero-order chi connectivity index (χ0) is 12.5. The van der Waals surface area contributed by atoms with Gasteiger partial charge in [0.1, 0.15) is 11.3 Å². The number of imidazole rings is 1. The standard InChI is InChI=1S/C14H18ClN3/c1-10(15)14-17-12-9-16-7-5-13(12)18(14)8-6-11-3-2-4-11/h5,7,9-11H,2-4,6,8H2,1H3. The third-order valence-corrected chi connectivity index (χ3v) is 4.12. The van der Waals surface area contributed by atoms with Crippen LogP contribution in [-0.2, 0) is 6.54 Å². The zero-order valence-corrected chi connectivity index (χ0v) is 11.4. The van der Waals surface area contributed by atoms with Crippen LogP contribution < -0.4 is 0 Å². The first kappa shape index (κ1) is 12.0. The lowest BCUT2D eigenvalue weighted by Gasteiger charge is -2.25. The quantitative estimate of drug-likeness (QED) is 0.783. The summed E-state index contributed by atoms with van der Waals surface area (Å²) in [5.41, 5.74) is 2.11. The van der Waals surface area contributed by atoms with Gasteiger partial charge in [0, 0.05) is 12.7 Å². The van der Waals surface area contributed by atoms with E-state index in [2.05, 4.69) is 14.5 Å². The van der Waals surface area contributed by atoms with E-state index in [0.717, 1.165) is 29.3 Å². The Hall–Kier alpha value is -1.09. The van der Waals surface area contributed by atoms with Gasteiger partial charge in [-0.15, -0.1) is 11.6 Å². The van der Waals surface area contributed by atoms with Crippen molar-refractivity contribution < 1.29 is 0 Å². The molecule has 0 aliphatic heterocycles. The Morgan fingerprint density at radius 1 is 1.50 bits per heavy atom. The number of aromatic nitrogens is 3. The van der Waals surface area contributed by atoms with Gasteiger partial charge in [0.15, 0.2) is 0 Å². The molecule has 1 aliphatic carbocycles. The summed E-state index contributed by atoms with van der Waals surface area (Å²) in [6, 6.07) is 2.03. The Labute approximate surface area is 112 Å². The highest BCUT2D eigenvalue weighted by molar-refractivity contribution is 6.20. The predicted octanol–water partition coefficient (Wildman–Crippen LogP) is 3.92. The number of alkyl halides is 1. The van der Waals surface area contributed by atoms with Crippen LogP contribution in [0.3, 0.4) is 0 Å². The van der Waals surface area contributed by atoms with Gasteiger partial charge in [0.2, 0.25) is 0 Å². The van der Waals surface area contributed by atoms with Crippen molar-refractivity contribution in [2.75, 3.05) is 0 Å². The van der Waals surface area contributed by atoms with E-state index >= 15 is 0 Å². The van der Waals surface area contributed by atoms with Gasteiger partial charge in [-0.05, 0) is 25.3 Å². The largest absolute Gasteiger partial charge is 0.327 e. The second-order valence-electron chi connectivity index (χ2n) is 5.19. The van der Waals surface area contributed by atoms with Crippen molar-refractivity contribution in [3.8, 4) is 0 Å². The maximum Gasteiger partial charge on any atom is 0.127 e. The third kappa shape index (κ3) is 2.12. The first-order valence-corrected chi connectivity index (χ1v) is 7.13. The predicted molar refractivity (Wildman–Crippen MR) is 73.8 cm³/mol. The number of pyridine rings is 1. The molecule has 0 amide bonds. The van der Waals surface area contributed by atoms with E-state index in [1.165, 1.54) is 25.7 Å². The molecule has 2 aromatic heterocycles. The molecule has 4 heteroatoms. The van der Waals surface area contributed by atoms with Crippen LogP contribution >= 0.6 is 11.6 Å². The molecule has 1 atom stereocenters. The molecular weight excluding hydrogens is 246 g/mol. The second kappa shape index (κ2) is 4.88. The summed E-state index contributed by atoms with van der Waals surface area (Å²) >= 11 is 6.24. The Kier molecular flexibility index (Phi) is 3.25. The van der Waals surface area contributed by atoms with Gasteiger partial charge in [0.05, 0.1) is 17.1 Å². The maximum atomic E-state index is 6.24. The van der Waals surface area contributed by atoms with Crippen molar-refractivity contribution in [2.24, 2.45) is 5.92 Å². The van der Waals surface area contributed by atoms with Crippen LogP contribution in [0, 0.1) is 5.92 Å². The molecule has 3 nitrogen and oxygen atoms in total. The highest BCUT2D eigenvalue weighted by Crippen LogP contribution is 2.31. The SMILES string of the molecule is CC(Cl)c1nc2cnccc2n1CCC1CCC1. The van der Waals surface area contributed by atoms with Crippen molar-refractivity contribution in [2.45, 2.75) is 44.5 Å². The van der Waals surface area contributed by atoms with E-state index in [0.29, 0.717) is 0 Å². The Bertz CT molecular complexity index is 543. The minimum Gasteiger partial charge on any atom is -0.327 e. The molecule has 0 bridgehead atoms. The fraction of sp³-hybridized carbons (Fsp3) is 0.571. The Morgan fingerprint density at radius 2 is 2.33 bits per heavy atom. The van der Waals surface area contributed by atoms with Gasteiger partial charge in [0.25, 0.3) is 0 Å². The minimum atomic E-state index is -0.0567. The van der Waals surface area contributed by atoms with Crippen LogP contribution in [0.4, 0.5) is 0 Å². The van der Waals surface area contributed by atoms with Crippen molar-refractivity contribution >= 4 is 22.6 Å². The molecule has 0 spiro atoms. The minimum absolute atomic E-state index is 0.0567. The first-order chi connectivity index (χ1) is 8.75. The molecule has 1 unspecified atom stereocenters. The van der Waals surface area contributed by atoms with Gasteiger partial charge >= 0.3 is 0 Å². The van der Waals surface area contributed by atoms with E-state index in [4.69, 9.17) is 11.6 Å². The van der Waals surface area contributed by atoms with Crippen molar-refractivity contribution in [3.05, 3.63) is 24.3 Å². The summed E-state index contributed by atoms with van der Waals surface area (Å²) in [5, 5.41) is -0.0567. The van der Waals surface area contributed by atoms with Gasteiger partial charge in [-0.1, -0.05) is 19.3 Å². The van der Waals surface area contributed by atoms with Crippen molar-refractivity contribution in [3.63, 3.8) is 0 Å². The van der Waals surface area contributed by atoms with E-state index in [1.54, 1.807) is 0 Å². The lowest BCUT2D eigenvalue weighted by Crippen LogP contribution is -2.15. The molecule has 1 fully saturated rings. The zero-order valence-electron chi connectivity index (χ0n) is 10.6. The summed E-state index contributed by atoms with van der Waals surface area (Å²) in [4.78, 5) is 8.73. The first-order valence-electron chi connectivity index (χ1n) is 6.70. The number of aryl methyl sites for hydroxylation is 1. The molecule has 3 rings (SSSR count). The lowest BCUT2D eigenvalue weighted by atomic mass is 9.83. The summed E-state index contributed by atoms with van der Waals surface area (Å²) in [5.74, 6) is 1.88. The molecule has 18 heavy (non-hydrogen) atoms. The molecule has 1 saturated carbocycles. The monoisotopic (exact) mass is 263 g/mol. The average Bonchev–Trinajstić information content (AvgIpc) is 2.66. The maximum absolute atomic E-state index is 6.24. The number of halogens is 1. The van der Waals surface area contributed by atoms with Crippen LogP contribution in [0.2, 0.25) is 0 Å². The highest BCUT2D eigenvalue weighted by atomic mass is 35.5. The number of hydrogen-bond acceptors (Lipinski definition) is 2. The van der Waals surface area contributed by atoms with Gasteiger partial charge in [-0.3, -0.25) is 4.98 Å². The van der Waals surface area contributed by atoms with E-state index in [9.17, 15) is 0 Å². The smallest absolute Gasteiger partial charge is 0.127 e. The fourth-order valence-corrected chi connectivity index (χ4v) is 2.80. The van der Waals surface area contributed by atoms with Gasteiger partial charge < -0.3 is 4.57 Å². The summed E-state index contributed by atoms with van der Waals surface area (Å²) < 4.78 is 2.27. The molecule has 0 saturated heterocycles. The topological polar surface area (TPSA) is 30.7 Å². The van der Waals surface area contributed by atoms with Crippen LogP contribution in [0.1, 0.15) is 43.8 Å². The molecular formula is C14H18ClN3. The number of fused-ring (bicyclic) bond motifs is 1. The Balaban J connectivity index is 1.92. The van der Waals surface area contributed by atoms with Crippen LogP contribution in [0.15, 0.2) is 18.5 Å². The Morgan fingerprint density at radius 3 is 3.00 bits per heavy atom. The van der Waals surface area contributed by atoms with E-state index < -0.39 is 0 Å². The number of hydrogen-bond donors (Lipinski definition) is 0. The van der Waals surface area contributed by atoms with E-state index in [1.807, 2.05) is 25.4 Å². The fourth-order valence-electron chi connectivity index (χ4n) is 2.63. The molecule has 2 aromatic rings. The number of rotatable bonds is 4. The van der Waals surface area contributed by atoms with Gasteiger partial charge in [-0.25, -0.2) is 4.98 Å². The normalized spacial score (nSPS) is 17.9. The highest BCUT2D eigenvalue weighted by Gasteiger charge is 2.20. The van der Waals surface area contributed by atoms with E-state index in [-0.39, 0.29) is 5.38 Å².